The molecule has 4 heteroatoms. The Morgan fingerprint density at radius 3 is 2.59 bits per heavy atom. The average Bonchev–Trinajstić information content (AvgIpc) is 2.34. The molecule has 0 spiro atoms. The van der Waals surface area contributed by atoms with E-state index < -0.39 is 0 Å². The zero-order valence-electron chi connectivity index (χ0n) is 11.2. The number of ether oxygens (including phenoxy) is 1. The highest BCUT2D eigenvalue weighted by Crippen LogP contribution is 2.10. The van der Waals surface area contributed by atoms with Gasteiger partial charge in [-0.1, -0.05) is 11.6 Å². The van der Waals surface area contributed by atoms with Gasteiger partial charge in [0.1, 0.15) is 0 Å². The number of methoxy groups -OCH3 is 1. The molecule has 0 radical (unpaired) electrons. The van der Waals surface area contributed by atoms with Crippen LogP contribution in [0.25, 0.3) is 0 Å². The molecule has 0 saturated carbocycles. The van der Waals surface area contributed by atoms with E-state index in [1.807, 2.05) is 0 Å². The van der Waals surface area contributed by atoms with Crippen molar-refractivity contribution in [1.29, 1.82) is 0 Å². The molecular formula is C13H24N2O2. The summed E-state index contributed by atoms with van der Waals surface area (Å²) in [5, 5.41) is 3.24. The Kier molecular flexibility index (Phi) is 6.22. The molecule has 4 nitrogen and oxygen atoms in total. The van der Waals surface area contributed by atoms with Gasteiger partial charge in [0, 0.05) is 12.6 Å². The Hall–Kier alpha value is -0.870. The number of allylic oxidation sites excluding steroid dienone is 1. The third-order valence-corrected chi connectivity index (χ3v) is 3.11. The molecule has 0 aromatic heterocycles. The predicted molar refractivity (Wildman–Crippen MR) is 68.9 cm³/mol. The van der Waals surface area contributed by atoms with Crippen LogP contribution in [0, 0.1) is 0 Å². The van der Waals surface area contributed by atoms with E-state index in [1.54, 1.807) is 0 Å². The minimum Gasteiger partial charge on any atom is -0.468 e. The summed E-state index contributed by atoms with van der Waals surface area (Å²) < 4.78 is 4.61. The largest absolute Gasteiger partial charge is 0.468 e. The fourth-order valence-corrected chi connectivity index (χ4v) is 1.93. The molecule has 1 saturated heterocycles. The van der Waals surface area contributed by atoms with Crippen molar-refractivity contribution in [2.45, 2.75) is 32.7 Å². The third-order valence-electron chi connectivity index (χ3n) is 3.11. The monoisotopic (exact) mass is 240 g/mol. The normalized spacial score (nSPS) is 17.8. The number of carbonyl (C=O) groups excluding carboxylic acids is 1. The lowest BCUT2D eigenvalue weighted by Crippen LogP contribution is -2.44. The van der Waals surface area contributed by atoms with Crippen LogP contribution in [-0.4, -0.2) is 50.2 Å². The second kappa shape index (κ2) is 7.45. The molecule has 1 N–H and O–H groups in total. The average molecular weight is 240 g/mol. The first-order valence-corrected chi connectivity index (χ1v) is 6.27. The van der Waals surface area contributed by atoms with E-state index in [4.69, 9.17) is 0 Å². The third kappa shape index (κ3) is 5.84. The highest BCUT2D eigenvalue weighted by atomic mass is 16.5. The van der Waals surface area contributed by atoms with Crippen LogP contribution in [0.15, 0.2) is 11.6 Å². The van der Waals surface area contributed by atoms with Gasteiger partial charge in [0.2, 0.25) is 0 Å². The SMILES string of the molecule is COC(=O)CNC1CCN(CC=C(C)C)CC1. The predicted octanol–water partition coefficient (Wildman–Crippen LogP) is 1.18. The van der Waals surface area contributed by atoms with Gasteiger partial charge in [-0.25, -0.2) is 0 Å². The minimum absolute atomic E-state index is 0.183. The number of piperidine rings is 1. The van der Waals surface area contributed by atoms with Crippen LogP contribution in [0.4, 0.5) is 0 Å². The maximum atomic E-state index is 11.0. The van der Waals surface area contributed by atoms with Crippen LogP contribution in [0.5, 0.6) is 0 Å². The van der Waals surface area contributed by atoms with Gasteiger partial charge in [0.25, 0.3) is 0 Å². The minimum atomic E-state index is -0.183. The Morgan fingerprint density at radius 2 is 2.06 bits per heavy atom. The van der Waals surface area contributed by atoms with E-state index in [1.165, 1.54) is 12.7 Å². The first-order valence-electron chi connectivity index (χ1n) is 6.27. The van der Waals surface area contributed by atoms with E-state index >= 15 is 0 Å². The van der Waals surface area contributed by atoms with E-state index in [-0.39, 0.29) is 5.97 Å². The molecule has 0 bridgehead atoms. The van der Waals surface area contributed by atoms with Crippen LogP contribution in [0.1, 0.15) is 26.7 Å². The number of carbonyl (C=O) groups is 1. The van der Waals surface area contributed by atoms with Crippen molar-refractivity contribution in [3.05, 3.63) is 11.6 Å². The van der Waals surface area contributed by atoms with Crippen molar-refractivity contribution in [3.8, 4) is 0 Å². The molecule has 98 valence electrons. The van der Waals surface area contributed by atoms with Gasteiger partial charge in [0.15, 0.2) is 0 Å². The second-order valence-electron chi connectivity index (χ2n) is 4.81. The summed E-state index contributed by atoms with van der Waals surface area (Å²) in [6.45, 7) is 7.84. The molecule has 1 heterocycles. The van der Waals surface area contributed by atoms with Crippen molar-refractivity contribution < 1.29 is 9.53 Å². The molecule has 0 aromatic rings. The zero-order chi connectivity index (χ0) is 12.7. The van der Waals surface area contributed by atoms with Crippen molar-refractivity contribution >= 4 is 5.97 Å². The van der Waals surface area contributed by atoms with Crippen LogP contribution in [0.3, 0.4) is 0 Å². The topological polar surface area (TPSA) is 41.6 Å². The fourth-order valence-electron chi connectivity index (χ4n) is 1.93. The van der Waals surface area contributed by atoms with Gasteiger partial charge in [-0.2, -0.15) is 0 Å². The molecule has 1 fully saturated rings. The second-order valence-corrected chi connectivity index (χ2v) is 4.81. The summed E-state index contributed by atoms with van der Waals surface area (Å²) in [7, 11) is 1.42. The lowest BCUT2D eigenvalue weighted by molar-refractivity contribution is -0.139. The Balaban J connectivity index is 2.17. The summed E-state index contributed by atoms with van der Waals surface area (Å²) in [6.07, 6.45) is 4.48. The quantitative estimate of drug-likeness (QED) is 0.579. The molecule has 17 heavy (non-hydrogen) atoms. The standard InChI is InChI=1S/C13H24N2O2/c1-11(2)4-7-15-8-5-12(6-9-15)14-10-13(16)17-3/h4,12,14H,5-10H2,1-3H3. The summed E-state index contributed by atoms with van der Waals surface area (Å²) in [6, 6.07) is 0.456. The zero-order valence-corrected chi connectivity index (χ0v) is 11.2. The first kappa shape index (κ1) is 14.2. The molecule has 1 aliphatic heterocycles. The molecule has 0 amide bonds. The number of rotatable bonds is 5. The first-order chi connectivity index (χ1) is 8.11. The molecule has 1 rings (SSSR count). The number of esters is 1. The number of hydrogen-bond acceptors (Lipinski definition) is 4. The lowest BCUT2D eigenvalue weighted by atomic mass is 10.1. The van der Waals surface area contributed by atoms with Gasteiger partial charge < -0.3 is 10.1 Å². The van der Waals surface area contributed by atoms with Gasteiger partial charge in [0.05, 0.1) is 13.7 Å². The molecule has 0 unspecified atom stereocenters. The smallest absolute Gasteiger partial charge is 0.319 e. The number of hydrogen-bond donors (Lipinski definition) is 1. The van der Waals surface area contributed by atoms with Crippen molar-refractivity contribution in [2.75, 3.05) is 33.3 Å². The number of nitrogens with one attached hydrogen (secondary N) is 1. The molecule has 0 aromatic carbocycles. The van der Waals surface area contributed by atoms with Crippen LogP contribution >= 0.6 is 0 Å². The van der Waals surface area contributed by atoms with Crippen LogP contribution in [-0.2, 0) is 9.53 Å². The van der Waals surface area contributed by atoms with E-state index in [2.05, 4.69) is 34.9 Å². The van der Waals surface area contributed by atoms with Gasteiger partial charge in [-0.05, 0) is 39.8 Å². The highest BCUT2D eigenvalue weighted by molar-refractivity contribution is 5.71. The van der Waals surface area contributed by atoms with Gasteiger partial charge in [-0.15, -0.1) is 0 Å². The Morgan fingerprint density at radius 1 is 1.41 bits per heavy atom. The van der Waals surface area contributed by atoms with Crippen molar-refractivity contribution in [1.82, 2.24) is 10.2 Å². The number of nitrogens with zero attached hydrogens (tertiary/aromatic N) is 1. The molecular weight excluding hydrogens is 216 g/mol. The van der Waals surface area contributed by atoms with E-state index in [0.717, 1.165) is 32.5 Å². The fraction of sp³-hybridized carbons (Fsp3) is 0.769. The number of likely N-dealkylation sites (tertiary alicyclic amines) is 1. The Labute approximate surface area is 104 Å². The van der Waals surface area contributed by atoms with Crippen molar-refractivity contribution in [3.63, 3.8) is 0 Å². The van der Waals surface area contributed by atoms with E-state index in [0.29, 0.717) is 12.6 Å². The molecule has 0 atom stereocenters. The van der Waals surface area contributed by atoms with E-state index in [9.17, 15) is 4.79 Å². The molecule has 1 aliphatic rings. The van der Waals surface area contributed by atoms with Gasteiger partial charge in [-0.3, -0.25) is 9.69 Å². The maximum Gasteiger partial charge on any atom is 0.319 e. The highest BCUT2D eigenvalue weighted by Gasteiger charge is 2.18. The van der Waals surface area contributed by atoms with Crippen LogP contribution < -0.4 is 5.32 Å². The Bertz CT molecular complexity index is 265. The van der Waals surface area contributed by atoms with Gasteiger partial charge >= 0.3 is 5.97 Å². The summed E-state index contributed by atoms with van der Waals surface area (Å²) >= 11 is 0. The van der Waals surface area contributed by atoms with Crippen molar-refractivity contribution in [2.24, 2.45) is 0 Å². The summed E-state index contributed by atoms with van der Waals surface area (Å²) in [4.78, 5) is 13.4. The lowest BCUT2D eigenvalue weighted by Gasteiger charge is -2.31. The molecule has 0 aliphatic carbocycles. The van der Waals surface area contributed by atoms with Crippen LogP contribution in [0.2, 0.25) is 0 Å². The summed E-state index contributed by atoms with van der Waals surface area (Å²) in [5.41, 5.74) is 1.37. The maximum absolute atomic E-state index is 11.0. The summed E-state index contributed by atoms with van der Waals surface area (Å²) in [5.74, 6) is -0.183.